The molecule has 0 aliphatic carbocycles. The zero-order valence-electron chi connectivity index (χ0n) is 10.8. The van der Waals surface area contributed by atoms with Crippen molar-refractivity contribution in [1.29, 1.82) is 0 Å². The number of pyridine rings is 1. The third-order valence-electron chi connectivity index (χ3n) is 3.09. The minimum Gasteiger partial charge on any atom is -0.374 e. The Hall–Kier alpha value is -1.06. The molecule has 0 atom stereocenters. The van der Waals surface area contributed by atoms with Crippen molar-refractivity contribution in [3.8, 4) is 0 Å². The van der Waals surface area contributed by atoms with Crippen LogP contribution in [0.15, 0.2) is 42.7 Å². The summed E-state index contributed by atoms with van der Waals surface area (Å²) in [6.07, 6.45) is 4.66. The average molecular weight is 340 g/mol. The number of likely N-dealkylation sites (N-methyl/N-ethyl adjacent to an activating group) is 1. The number of alkyl halides is 1. The van der Waals surface area contributed by atoms with Gasteiger partial charge in [-0.15, -0.1) is 0 Å². The molecule has 100 valence electrons. The Morgan fingerprint density at radius 1 is 1.21 bits per heavy atom. The monoisotopic (exact) mass is 338 g/mol. The summed E-state index contributed by atoms with van der Waals surface area (Å²) in [5, 5.41) is 1.61. The first-order chi connectivity index (χ1) is 9.20. The van der Waals surface area contributed by atoms with Crippen molar-refractivity contribution in [3.05, 3.63) is 58.9 Å². The van der Waals surface area contributed by atoms with Crippen LogP contribution in [0.2, 0.25) is 5.02 Å². The zero-order valence-corrected chi connectivity index (χ0v) is 13.2. The fourth-order valence-corrected chi connectivity index (χ4v) is 2.61. The van der Waals surface area contributed by atoms with E-state index in [1.807, 2.05) is 24.5 Å². The largest absolute Gasteiger partial charge is 0.374 e. The van der Waals surface area contributed by atoms with Gasteiger partial charge in [0.15, 0.2) is 0 Å². The standard InChI is InChI=1S/C15H16BrClN2/c1-19(9-6-12-4-7-18-8-5-12)15-10-14(17)3-2-13(15)11-16/h2-5,7-8,10H,6,9,11H2,1H3. The van der Waals surface area contributed by atoms with Gasteiger partial charge in [-0.2, -0.15) is 0 Å². The smallest absolute Gasteiger partial charge is 0.0426 e. The van der Waals surface area contributed by atoms with E-state index in [1.165, 1.54) is 16.8 Å². The summed E-state index contributed by atoms with van der Waals surface area (Å²) in [7, 11) is 2.10. The van der Waals surface area contributed by atoms with Crippen LogP contribution in [0.1, 0.15) is 11.1 Å². The molecule has 0 aliphatic rings. The van der Waals surface area contributed by atoms with Crippen LogP contribution in [0.5, 0.6) is 0 Å². The molecule has 0 fully saturated rings. The van der Waals surface area contributed by atoms with Gasteiger partial charge >= 0.3 is 0 Å². The van der Waals surface area contributed by atoms with Gasteiger partial charge in [-0.05, 0) is 41.8 Å². The Kier molecular flexibility index (Phi) is 5.23. The maximum absolute atomic E-state index is 6.08. The Bertz CT molecular complexity index is 531. The van der Waals surface area contributed by atoms with Gasteiger partial charge in [-0.25, -0.2) is 0 Å². The van der Waals surface area contributed by atoms with Crippen LogP contribution >= 0.6 is 27.5 Å². The molecule has 0 unspecified atom stereocenters. The molecule has 2 aromatic rings. The number of aromatic nitrogens is 1. The van der Waals surface area contributed by atoms with Crippen molar-refractivity contribution in [2.45, 2.75) is 11.8 Å². The van der Waals surface area contributed by atoms with Crippen LogP contribution < -0.4 is 4.90 Å². The first-order valence-corrected chi connectivity index (χ1v) is 7.65. The van der Waals surface area contributed by atoms with Gasteiger partial charge in [0.05, 0.1) is 0 Å². The van der Waals surface area contributed by atoms with E-state index in [0.717, 1.165) is 23.3 Å². The second kappa shape index (κ2) is 6.92. The van der Waals surface area contributed by atoms with E-state index < -0.39 is 0 Å². The van der Waals surface area contributed by atoms with Crippen molar-refractivity contribution in [2.24, 2.45) is 0 Å². The highest BCUT2D eigenvalue weighted by Gasteiger charge is 2.07. The average Bonchev–Trinajstić information content (AvgIpc) is 2.46. The van der Waals surface area contributed by atoms with E-state index in [9.17, 15) is 0 Å². The van der Waals surface area contributed by atoms with Gasteiger partial charge in [0.1, 0.15) is 0 Å². The summed E-state index contributed by atoms with van der Waals surface area (Å²) in [4.78, 5) is 6.27. The van der Waals surface area contributed by atoms with Gasteiger partial charge in [0, 0.05) is 42.0 Å². The summed E-state index contributed by atoms with van der Waals surface area (Å²) in [6.45, 7) is 0.949. The van der Waals surface area contributed by atoms with E-state index in [-0.39, 0.29) is 0 Å². The molecule has 4 heteroatoms. The van der Waals surface area contributed by atoms with Gasteiger partial charge in [0.2, 0.25) is 0 Å². The quantitative estimate of drug-likeness (QED) is 0.755. The molecule has 2 rings (SSSR count). The van der Waals surface area contributed by atoms with Crippen LogP contribution in [0.4, 0.5) is 5.69 Å². The molecule has 0 amide bonds. The lowest BCUT2D eigenvalue weighted by molar-refractivity contribution is 0.871. The molecular formula is C15H16BrClN2. The molecular weight excluding hydrogens is 324 g/mol. The molecule has 0 N–H and O–H groups in total. The summed E-state index contributed by atoms with van der Waals surface area (Å²) in [6, 6.07) is 10.1. The highest BCUT2D eigenvalue weighted by molar-refractivity contribution is 9.08. The van der Waals surface area contributed by atoms with Crippen molar-refractivity contribution < 1.29 is 0 Å². The summed E-state index contributed by atoms with van der Waals surface area (Å²) in [5.74, 6) is 0. The lowest BCUT2D eigenvalue weighted by atomic mass is 10.1. The van der Waals surface area contributed by atoms with Crippen LogP contribution in [-0.2, 0) is 11.8 Å². The number of benzene rings is 1. The second-order valence-electron chi connectivity index (χ2n) is 4.43. The normalized spacial score (nSPS) is 10.5. The lowest BCUT2D eigenvalue weighted by Crippen LogP contribution is -2.21. The van der Waals surface area contributed by atoms with Gasteiger partial charge in [-0.3, -0.25) is 4.98 Å². The maximum atomic E-state index is 6.08. The maximum Gasteiger partial charge on any atom is 0.0426 e. The van der Waals surface area contributed by atoms with E-state index in [2.05, 4.69) is 51.1 Å². The molecule has 1 heterocycles. The molecule has 2 nitrogen and oxygen atoms in total. The molecule has 0 radical (unpaired) electrons. The Morgan fingerprint density at radius 2 is 1.95 bits per heavy atom. The highest BCUT2D eigenvalue weighted by Crippen LogP contribution is 2.26. The molecule has 0 saturated heterocycles. The molecule has 0 spiro atoms. The lowest BCUT2D eigenvalue weighted by Gasteiger charge is -2.22. The number of anilines is 1. The third-order valence-corrected chi connectivity index (χ3v) is 3.93. The third kappa shape index (κ3) is 3.95. The van der Waals surface area contributed by atoms with E-state index >= 15 is 0 Å². The second-order valence-corrected chi connectivity index (χ2v) is 5.43. The van der Waals surface area contributed by atoms with Crippen molar-refractivity contribution >= 4 is 33.2 Å². The van der Waals surface area contributed by atoms with Crippen molar-refractivity contribution in [3.63, 3.8) is 0 Å². The zero-order chi connectivity index (χ0) is 13.7. The van der Waals surface area contributed by atoms with E-state index in [1.54, 1.807) is 0 Å². The summed E-state index contributed by atoms with van der Waals surface area (Å²) in [5.41, 5.74) is 3.73. The SMILES string of the molecule is CN(CCc1ccncc1)c1cc(Cl)ccc1CBr. The molecule has 0 bridgehead atoms. The molecule has 19 heavy (non-hydrogen) atoms. The van der Waals surface area contributed by atoms with Gasteiger partial charge in [0.25, 0.3) is 0 Å². The predicted octanol–water partition coefficient (Wildman–Crippen LogP) is 4.31. The molecule has 0 aliphatic heterocycles. The minimum absolute atomic E-state index is 0.774. The minimum atomic E-state index is 0.774. The summed E-state index contributed by atoms with van der Waals surface area (Å²) < 4.78 is 0. The highest BCUT2D eigenvalue weighted by atomic mass is 79.9. The van der Waals surface area contributed by atoms with E-state index in [0.29, 0.717) is 0 Å². The predicted molar refractivity (Wildman–Crippen MR) is 85.3 cm³/mol. The fourth-order valence-electron chi connectivity index (χ4n) is 1.97. The number of rotatable bonds is 5. The Balaban J connectivity index is 2.07. The van der Waals surface area contributed by atoms with Crippen LogP contribution in [0.25, 0.3) is 0 Å². The molecule has 1 aromatic carbocycles. The summed E-state index contributed by atoms with van der Waals surface area (Å²) >= 11 is 9.60. The van der Waals surface area contributed by atoms with Gasteiger partial charge < -0.3 is 4.90 Å². The molecule has 0 saturated carbocycles. The van der Waals surface area contributed by atoms with Crippen LogP contribution in [0, 0.1) is 0 Å². The Morgan fingerprint density at radius 3 is 2.63 bits per heavy atom. The van der Waals surface area contributed by atoms with Gasteiger partial charge in [-0.1, -0.05) is 33.6 Å². The van der Waals surface area contributed by atoms with Crippen molar-refractivity contribution in [1.82, 2.24) is 4.98 Å². The first kappa shape index (κ1) is 14.4. The number of halogens is 2. The van der Waals surface area contributed by atoms with Crippen LogP contribution in [0.3, 0.4) is 0 Å². The fraction of sp³-hybridized carbons (Fsp3) is 0.267. The van der Waals surface area contributed by atoms with E-state index in [4.69, 9.17) is 11.6 Å². The van der Waals surface area contributed by atoms with Crippen LogP contribution in [-0.4, -0.2) is 18.6 Å². The number of hydrogen-bond donors (Lipinski definition) is 0. The van der Waals surface area contributed by atoms with Crippen molar-refractivity contribution in [2.75, 3.05) is 18.5 Å². The number of hydrogen-bond acceptors (Lipinski definition) is 2. The number of nitrogens with zero attached hydrogens (tertiary/aromatic N) is 2. The topological polar surface area (TPSA) is 16.1 Å². The first-order valence-electron chi connectivity index (χ1n) is 6.15. The Labute approximate surface area is 127 Å². The molecule has 1 aromatic heterocycles.